The number of nitrogens with zero attached hydrogens (tertiary/aromatic N) is 1. The zero-order chi connectivity index (χ0) is 12.4. The van der Waals surface area contributed by atoms with Crippen molar-refractivity contribution in [3.63, 3.8) is 0 Å². The van der Waals surface area contributed by atoms with E-state index in [0.29, 0.717) is 16.5 Å². The second-order valence-electron chi connectivity index (χ2n) is 4.53. The summed E-state index contributed by atoms with van der Waals surface area (Å²) in [6.45, 7) is 3.11. The number of carbonyl (C=O) groups is 1. The van der Waals surface area contributed by atoms with E-state index in [1.165, 1.54) is 0 Å². The highest BCUT2D eigenvalue weighted by Crippen LogP contribution is 2.32. The fourth-order valence-corrected chi connectivity index (χ4v) is 2.65. The van der Waals surface area contributed by atoms with Gasteiger partial charge in [-0.3, -0.25) is 4.79 Å². The predicted octanol–water partition coefficient (Wildman–Crippen LogP) is 2.36. The third-order valence-corrected chi connectivity index (χ3v) is 3.73. The molecule has 4 heteroatoms. The monoisotopic (exact) mass is 253 g/mol. The molecule has 0 aromatic heterocycles. The van der Waals surface area contributed by atoms with Crippen molar-refractivity contribution < 1.29 is 9.90 Å². The number of halogens is 1. The highest BCUT2D eigenvalue weighted by atomic mass is 35.5. The predicted molar refractivity (Wildman–Crippen MR) is 68.8 cm³/mol. The Labute approximate surface area is 106 Å². The van der Waals surface area contributed by atoms with Crippen LogP contribution in [0.4, 0.5) is 5.69 Å². The number of rotatable bonds is 3. The van der Waals surface area contributed by atoms with Crippen LogP contribution in [0.5, 0.6) is 0 Å². The van der Waals surface area contributed by atoms with Crippen LogP contribution in [0.3, 0.4) is 0 Å². The van der Waals surface area contributed by atoms with Crippen LogP contribution in [0.15, 0.2) is 18.2 Å². The molecule has 92 valence electrons. The standard InChI is InChI=1S/C13H16ClNO2/c1-9-4-5-15(13(9)8-17)12-3-2-11(14)6-10(12)7-16/h2-3,6-7,9,13,17H,4-5,8H2,1H3. The molecule has 2 unspecified atom stereocenters. The molecule has 0 spiro atoms. The van der Waals surface area contributed by atoms with Crippen molar-refractivity contribution in [2.75, 3.05) is 18.1 Å². The fourth-order valence-electron chi connectivity index (χ4n) is 2.47. The Bertz CT molecular complexity index is 422. The van der Waals surface area contributed by atoms with Crippen molar-refractivity contribution in [1.82, 2.24) is 0 Å². The van der Waals surface area contributed by atoms with Gasteiger partial charge in [0.15, 0.2) is 6.29 Å². The first-order valence-corrected chi connectivity index (χ1v) is 6.17. The van der Waals surface area contributed by atoms with Crippen LogP contribution in [0.1, 0.15) is 23.7 Å². The molecule has 0 aliphatic carbocycles. The normalized spacial score (nSPS) is 24.1. The van der Waals surface area contributed by atoms with Gasteiger partial charge < -0.3 is 10.0 Å². The van der Waals surface area contributed by atoms with Crippen molar-refractivity contribution in [3.8, 4) is 0 Å². The summed E-state index contributed by atoms with van der Waals surface area (Å²) in [4.78, 5) is 13.2. The average Bonchev–Trinajstić information content (AvgIpc) is 2.70. The van der Waals surface area contributed by atoms with E-state index in [9.17, 15) is 9.90 Å². The summed E-state index contributed by atoms with van der Waals surface area (Å²) < 4.78 is 0. The molecular weight excluding hydrogens is 238 g/mol. The third-order valence-electron chi connectivity index (χ3n) is 3.50. The summed E-state index contributed by atoms with van der Waals surface area (Å²) in [5.41, 5.74) is 1.46. The molecule has 1 fully saturated rings. The van der Waals surface area contributed by atoms with E-state index >= 15 is 0 Å². The van der Waals surface area contributed by atoms with Crippen molar-refractivity contribution in [2.24, 2.45) is 5.92 Å². The topological polar surface area (TPSA) is 40.5 Å². The number of aldehydes is 1. The lowest BCUT2D eigenvalue weighted by atomic mass is 10.0. The molecule has 1 aliphatic rings. The zero-order valence-corrected chi connectivity index (χ0v) is 10.5. The van der Waals surface area contributed by atoms with Gasteiger partial charge >= 0.3 is 0 Å². The van der Waals surface area contributed by atoms with E-state index in [2.05, 4.69) is 11.8 Å². The molecule has 2 rings (SSSR count). The average molecular weight is 254 g/mol. The molecular formula is C13H16ClNO2. The van der Waals surface area contributed by atoms with Gasteiger partial charge in [0.1, 0.15) is 0 Å². The Balaban J connectivity index is 2.36. The van der Waals surface area contributed by atoms with Crippen LogP contribution in [0.2, 0.25) is 5.02 Å². The molecule has 0 saturated carbocycles. The number of carbonyl (C=O) groups excluding carboxylic acids is 1. The van der Waals surface area contributed by atoms with Gasteiger partial charge in [0.25, 0.3) is 0 Å². The van der Waals surface area contributed by atoms with E-state index in [0.717, 1.165) is 24.9 Å². The highest BCUT2D eigenvalue weighted by Gasteiger charge is 2.31. The Morgan fingerprint density at radius 1 is 1.59 bits per heavy atom. The maximum atomic E-state index is 11.1. The molecule has 2 atom stereocenters. The molecule has 17 heavy (non-hydrogen) atoms. The minimum absolute atomic E-state index is 0.0925. The fraction of sp³-hybridized carbons (Fsp3) is 0.462. The van der Waals surface area contributed by atoms with Gasteiger partial charge in [-0.05, 0) is 30.5 Å². The molecule has 0 radical (unpaired) electrons. The minimum Gasteiger partial charge on any atom is -0.394 e. The zero-order valence-electron chi connectivity index (χ0n) is 9.77. The molecule has 1 aromatic rings. The number of hydrogen-bond donors (Lipinski definition) is 1. The molecule has 0 amide bonds. The van der Waals surface area contributed by atoms with Crippen LogP contribution in [-0.4, -0.2) is 30.6 Å². The van der Waals surface area contributed by atoms with Crippen LogP contribution < -0.4 is 4.90 Å². The Morgan fingerprint density at radius 2 is 2.35 bits per heavy atom. The van der Waals surface area contributed by atoms with Crippen molar-refractivity contribution in [3.05, 3.63) is 28.8 Å². The summed E-state index contributed by atoms with van der Waals surface area (Å²) in [7, 11) is 0. The van der Waals surface area contributed by atoms with Crippen molar-refractivity contribution in [1.29, 1.82) is 0 Å². The smallest absolute Gasteiger partial charge is 0.152 e. The second kappa shape index (κ2) is 5.07. The first-order chi connectivity index (χ1) is 8.17. The van der Waals surface area contributed by atoms with E-state index in [4.69, 9.17) is 11.6 Å². The maximum absolute atomic E-state index is 11.1. The van der Waals surface area contributed by atoms with Crippen LogP contribution in [0.25, 0.3) is 0 Å². The van der Waals surface area contributed by atoms with Gasteiger partial charge in [-0.15, -0.1) is 0 Å². The molecule has 1 N–H and O–H groups in total. The Morgan fingerprint density at radius 3 is 3.00 bits per heavy atom. The Hall–Kier alpha value is -1.06. The first-order valence-electron chi connectivity index (χ1n) is 5.79. The number of anilines is 1. The maximum Gasteiger partial charge on any atom is 0.152 e. The lowest BCUT2D eigenvalue weighted by molar-refractivity contribution is 0.112. The van der Waals surface area contributed by atoms with E-state index < -0.39 is 0 Å². The Kier molecular flexibility index (Phi) is 3.69. The summed E-state index contributed by atoms with van der Waals surface area (Å²) in [5, 5.41) is 9.99. The van der Waals surface area contributed by atoms with Crippen LogP contribution in [0, 0.1) is 5.92 Å². The molecule has 1 heterocycles. The van der Waals surface area contributed by atoms with Gasteiger partial charge in [-0.25, -0.2) is 0 Å². The van der Waals surface area contributed by atoms with Crippen molar-refractivity contribution in [2.45, 2.75) is 19.4 Å². The van der Waals surface area contributed by atoms with E-state index in [1.54, 1.807) is 12.1 Å². The molecule has 0 bridgehead atoms. The van der Waals surface area contributed by atoms with Gasteiger partial charge in [-0.2, -0.15) is 0 Å². The highest BCUT2D eigenvalue weighted by molar-refractivity contribution is 6.31. The summed E-state index contributed by atoms with van der Waals surface area (Å²) in [6.07, 6.45) is 1.85. The summed E-state index contributed by atoms with van der Waals surface area (Å²) in [5.74, 6) is 0.440. The minimum atomic E-state index is 0.0925. The second-order valence-corrected chi connectivity index (χ2v) is 4.97. The van der Waals surface area contributed by atoms with Gasteiger partial charge in [0.2, 0.25) is 0 Å². The van der Waals surface area contributed by atoms with E-state index in [-0.39, 0.29) is 12.6 Å². The number of hydrogen-bond acceptors (Lipinski definition) is 3. The largest absolute Gasteiger partial charge is 0.394 e. The quantitative estimate of drug-likeness (QED) is 0.841. The lowest BCUT2D eigenvalue weighted by Gasteiger charge is -2.28. The lowest BCUT2D eigenvalue weighted by Crippen LogP contribution is -2.35. The first kappa shape index (κ1) is 12.4. The SMILES string of the molecule is CC1CCN(c2ccc(Cl)cc2C=O)C1CO. The van der Waals surface area contributed by atoms with Gasteiger partial charge in [0.05, 0.1) is 12.6 Å². The molecule has 3 nitrogen and oxygen atoms in total. The van der Waals surface area contributed by atoms with Gasteiger partial charge in [0, 0.05) is 22.8 Å². The number of benzene rings is 1. The summed E-state index contributed by atoms with van der Waals surface area (Å²) in [6, 6.07) is 5.39. The third kappa shape index (κ3) is 2.31. The van der Waals surface area contributed by atoms with E-state index in [1.807, 2.05) is 6.07 Å². The summed E-state index contributed by atoms with van der Waals surface area (Å²) >= 11 is 5.87. The number of aliphatic hydroxyl groups is 1. The molecule has 1 aromatic carbocycles. The van der Waals surface area contributed by atoms with Gasteiger partial charge in [-0.1, -0.05) is 18.5 Å². The van der Waals surface area contributed by atoms with Crippen LogP contribution in [-0.2, 0) is 0 Å². The van der Waals surface area contributed by atoms with Crippen molar-refractivity contribution >= 4 is 23.6 Å². The van der Waals surface area contributed by atoms with Crippen LogP contribution >= 0.6 is 11.6 Å². The molecule has 1 saturated heterocycles. The number of aliphatic hydroxyl groups excluding tert-OH is 1. The molecule has 1 aliphatic heterocycles.